The van der Waals surface area contributed by atoms with Crippen LogP contribution in [0.4, 0.5) is 0 Å². The van der Waals surface area contributed by atoms with Gasteiger partial charge >= 0.3 is 0 Å². The molecule has 1 N–H and O–H groups in total. The summed E-state index contributed by atoms with van der Waals surface area (Å²) < 4.78 is 5.68. The zero-order valence-electron chi connectivity index (χ0n) is 12.1. The maximum atomic E-state index is 12.1. The zero-order chi connectivity index (χ0) is 14.9. The van der Waals surface area contributed by atoms with Crippen LogP contribution in [0.25, 0.3) is 11.0 Å². The monoisotopic (exact) mass is 315 g/mol. The molecule has 4 rings (SSSR count). The van der Waals surface area contributed by atoms with Gasteiger partial charge in [-0.3, -0.25) is 9.79 Å². The Hall–Kier alpha value is -1.95. The van der Waals surface area contributed by atoms with Gasteiger partial charge in [0.1, 0.15) is 11.3 Å². The number of nitrogens with zero attached hydrogens (tertiary/aromatic N) is 2. The molecule has 1 aromatic heterocycles. The molecule has 0 saturated carbocycles. The van der Waals surface area contributed by atoms with E-state index in [4.69, 9.17) is 4.42 Å². The lowest BCUT2D eigenvalue weighted by atomic mass is 10.1. The molecular formula is C16H17N3O2S. The molecular weight excluding hydrogens is 298 g/mol. The van der Waals surface area contributed by atoms with Gasteiger partial charge in [0.25, 0.3) is 0 Å². The highest BCUT2D eigenvalue weighted by atomic mass is 32.2. The maximum Gasteiger partial charge on any atom is 0.227 e. The molecule has 0 bridgehead atoms. The van der Waals surface area contributed by atoms with Crippen molar-refractivity contribution in [2.75, 3.05) is 25.4 Å². The van der Waals surface area contributed by atoms with Crippen molar-refractivity contribution in [1.29, 1.82) is 0 Å². The first kappa shape index (κ1) is 13.7. The van der Waals surface area contributed by atoms with Gasteiger partial charge in [-0.1, -0.05) is 30.0 Å². The number of rotatable bonds is 3. The van der Waals surface area contributed by atoms with Gasteiger partial charge in [-0.05, 0) is 12.1 Å². The topological polar surface area (TPSA) is 57.8 Å². The zero-order valence-corrected chi connectivity index (χ0v) is 12.9. The number of nitrogens with one attached hydrogen (secondary N) is 1. The lowest BCUT2D eigenvalue weighted by Crippen LogP contribution is -2.60. The summed E-state index contributed by atoms with van der Waals surface area (Å²) in [6.45, 7) is 2.63. The SMILES string of the molecule is O=C(Cc1cc2ccccc2o1)NC1CN(C2=NCCS2)C1. The van der Waals surface area contributed by atoms with E-state index in [1.165, 1.54) is 0 Å². The van der Waals surface area contributed by atoms with E-state index in [9.17, 15) is 4.79 Å². The summed E-state index contributed by atoms with van der Waals surface area (Å²) in [5, 5.41) is 5.22. The van der Waals surface area contributed by atoms with Crippen molar-refractivity contribution in [2.24, 2.45) is 4.99 Å². The van der Waals surface area contributed by atoms with Crippen LogP contribution in [-0.4, -0.2) is 47.4 Å². The van der Waals surface area contributed by atoms with Crippen LogP contribution >= 0.6 is 11.8 Å². The van der Waals surface area contributed by atoms with Crippen LogP contribution in [0.5, 0.6) is 0 Å². The van der Waals surface area contributed by atoms with E-state index in [0.29, 0.717) is 12.2 Å². The maximum absolute atomic E-state index is 12.1. The number of aliphatic imine (C=N–C) groups is 1. The quantitative estimate of drug-likeness (QED) is 0.939. The Labute approximate surface area is 132 Å². The Morgan fingerprint density at radius 1 is 1.41 bits per heavy atom. The van der Waals surface area contributed by atoms with E-state index in [2.05, 4.69) is 15.2 Å². The molecule has 1 fully saturated rings. The van der Waals surface area contributed by atoms with Crippen LogP contribution in [0.3, 0.4) is 0 Å². The van der Waals surface area contributed by atoms with Crippen molar-refractivity contribution in [1.82, 2.24) is 10.2 Å². The third kappa shape index (κ3) is 2.70. The van der Waals surface area contributed by atoms with Gasteiger partial charge in [-0.25, -0.2) is 0 Å². The standard InChI is InChI=1S/C16H17N3O2S/c20-15(8-13-7-11-3-1-2-4-14(11)21-13)18-12-9-19(10-12)16-17-5-6-22-16/h1-4,7,12H,5-6,8-10H2,(H,18,20). The highest BCUT2D eigenvalue weighted by Gasteiger charge is 2.31. The smallest absolute Gasteiger partial charge is 0.227 e. The number of hydrogen-bond acceptors (Lipinski definition) is 5. The second-order valence-electron chi connectivity index (χ2n) is 5.61. The van der Waals surface area contributed by atoms with Crippen LogP contribution in [0.1, 0.15) is 5.76 Å². The van der Waals surface area contributed by atoms with Gasteiger partial charge < -0.3 is 14.6 Å². The molecule has 2 aliphatic heterocycles. The summed E-state index contributed by atoms with van der Waals surface area (Å²) in [7, 11) is 0. The molecule has 0 atom stereocenters. The second-order valence-corrected chi connectivity index (χ2v) is 6.67. The molecule has 1 amide bonds. The van der Waals surface area contributed by atoms with Crippen molar-refractivity contribution >= 4 is 33.8 Å². The minimum absolute atomic E-state index is 0.0183. The predicted molar refractivity (Wildman–Crippen MR) is 88.2 cm³/mol. The number of fused-ring (bicyclic) bond motifs is 1. The minimum atomic E-state index is 0.0183. The van der Waals surface area contributed by atoms with E-state index in [-0.39, 0.29) is 11.9 Å². The molecule has 0 spiro atoms. The average molecular weight is 315 g/mol. The van der Waals surface area contributed by atoms with Crippen LogP contribution in [0.2, 0.25) is 0 Å². The van der Waals surface area contributed by atoms with Crippen molar-refractivity contribution in [2.45, 2.75) is 12.5 Å². The fourth-order valence-corrected chi connectivity index (χ4v) is 3.68. The van der Waals surface area contributed by atoms with Crippen molar-refractivity contribution < 1.29 is 9.21 Å². The number of carbonyl (C=O) groups excluding carboxylic acids is 1. The number of carbonyl (C=O) groups is 1. The summed E-state index contributed by atoms with van der Waals surface area (Å²) in [6.07, 6.45) is 0.293. The highest BCUT2D eigenvalue weighted by molar-refractivity contribution is 8.14. The van der Waals surface area contributed by atoms with E-state index in [0.717, 1.165) is 41.5 Å². The third-order valence-electron chi connectivity index (χ3n) is 3.90. The van der Waals surface area contributed by atoms with Gasteiger partial charge in [-0.2, -0.15) is 0 Å². The molecule has 0 radical (unpaired) electrons. The second kappa shape index (κ2) is 5.68. The normalized spacial score (nSPS) is 18.4. The first-order valence-corrected chi connectivity index (χ1v) is 8.45. The molecule has 2 aromatic rings. The van der Waals surface area contributed by atoms with Crippen LogP contribution < -0.4 is 5.32 Å². The lowest BCUT2D eigenvalue weighted by Gasteiger charge is -2.40. The first-order chi connectivity index (χ1) is 10.8. The molecule has 1 saturated heterocycles. The van der Waals surface area contributed by atoms with Crippen molar-refractivity contribution in [3.63, 3.8) is 0 Å². The fraction of sp³-hybridized carbons (Fsp3) is 0.375. The first-order valence-electron chi connectivity index (χ1n) is 7.47. The molecule has 0 aliphatic carbocycles. The minimum Gasteiger partial charge on any atom is -0.461 e. The summed E-state index contributed by atoms with van der Waals surface area (Å²) in [6, 6.07) is 9.97. The van der Waals surface area contributed by atoms with Gasteiger partial charge in [0.05, 0.1) is 19.0 Å². The molecule has 22 heavy (non-hydrogen) atoms. The Balaban J connectivity index is 1.30. The fourth-order valence-electron chi connectivity index (χ4n) is 2.80. The third-order valence-corrected chi connectivity index (χ3v) is 4.93. The summed E-state index contributed by atoms with van der Waals surface area (Å²) in [4.78, 5) is 18.8. The summed E-state index contributed by atoms with van der Waals surface area (Å²) >= 11 is 1.80. The van der Waals surface area contributed by atoms with Crippen LogP contribution in [-0.2, 0) is 11.2 Å². The largest absolute Gasteiger partial charge is 0.461 e. The van der Waals surface area contributed by atoms with Gasteiger partial charge in [0.2, 0.25) is 5.91 Å². The molecule has 2 aliphatic rings. The number of hydrogen-bond donors (Lipinski definition) is 1. The van der Waals surface area contributed by atoms with Crippen molar-refractivity contribution in [3.8, 4) is 0 Å². The summed E-state index contributed by atoms with van der Waals surface area (Å²) in [5.41, 5.74) is 0.830. The molecule has 6 heteroatoms. The summed E-state index contributed by atoms with van der Waals surface area (Å²) in [5.74, 6) is 1.81. The number of benzene rings is 1. The Morgan fingerprint density at radius 2 is 2.27 bits per heavy atom. The molecule has 0 unspecified atom stereocenters. The van der Waals surface area contributed by atoms with Gasteiger partial charge in [-0.15, -0.1) is 0 Å². The number of amidine groups is 1. The Morgan fingerprint density at radius 3 is 3.05 bits per heavy atom. The van der Waals surface area contributed by atoms with Crippen molar-refractivity contribution in [3.05, 3.63) is 36.1 Å². The van der Waals surface area contributed by atoms with E-state index >= 15 is 0 Å². The van der Waals surface area contributed by atoms with Crippen LogP contribution in [0.15, 0.2) is 39.7 Å². The van der Waals surface area contributed by atoms with Crippen LogP contribution in [0, 0.1) is 0 Å². The number of likely N-dealkylation sites (tertiary alicyclic amines) is 1. The Bertz CT molecular complexity index is 701. The molecule has 5 nitrogen and oxygen atoms in total. The number of thioether (sulfide) groups is 1. The number of furan rings is 1. The average Bonchev–Trinajstić information content (AvgIpc) is 3.10. The predicted octanol–water partition coefficient (Wildman–Crippen LogP) is 1.88. The number of para-hydroxylation sites is 1. The van der Waals surface area contributed by atoms with E-state index in [1.807, 2.05) is 30.3 Å². The van der Waals surface area contributed by atoms with E-state index < -0.39 is 0 Å². The van der Waals surface area contributed by atoms with E-state index in [1.54, 1.807) is 11.8 Å². The van der Waals surface area contributed by atoms with Gasteiger partial charge in [0, 0.05) is 24.2 Å². The molecule has 1 aromatic carbocycles. The highest BCUT2D eigenvalue weighted by Crippen LogP contribution is 2.21. The van der Waals surface area contributed by atoms with Gasteiger partial charge in [0.15, 0.2) is 5.17 Å². The lowest BCUT2D eigenvalue weighted by molar-refractivity contribution is -0.122. The number of amides is 1. The Kier molecular flexibility index (Phi) is 3.54. The molecule has 114 valence electrons. The molecule has 3 heterocycles.